The normalized spacial score (nSPS) is 15.6. The van der Waals surface area contributed by atoms with Crippen LogP contribution in [0.4, 0.5) is 5.95 Å². The third-order valence-corrected chi connectivity index (χ3v) is 5.09. The van der Waals surface area contributed by atoms with E-state index in [0.717, 1.165) is 60.6 Å². The minimum atomic E-state index is 0.367. The molecule has 0 atom stereocenters. The molecule has 0 bridgehead atoms. The van der Waals surface area contributed by atoms with Crippen molar-refractivity contribution in [2.75, 3.05) is 18.5 Å². The summed E-state index contributed by atoms with van der Waals surface area (Å²) < 4.78 is 9.31. The molecule has 0 aromatic carbocycles. The van der Waals surface area contributed by atoms with E-state index in [1.54, 1.807) is 0 Å². The SMILES string of the molecule is CCc1cnc2ncc(-c3ccn4nc(NC5CCOCC5)ncc34)cn12. The van der Waals surface area contributed by atoms with Crippen molar-refractivity contribution in [1.29, 1.82) is 0 Å². The maximum Gasteiger partial charge on any atom is 0.241 e. The summed E-state index contributed by atoms with van der Waals surface area (Å²) in [4.78, 5) is 13.4. The van der Waals surface area contributed by atoms with Gasteiger partial charge in [-0.25, -0.2) is 19.5 Å². The van der Waals surface area contributed by atoms with E-state index in [1.807, 2.05) is 39.8 Å². The molecule has 27 heavy (non-hydrogen) atoms. The van der Waals surface area contributed by atoms with Crippen LogP contribution in [-0.4, -0.2) is 48.2 Å². The van der Waals surface area contributed by atoms with E-state index in [4.69, 9.17) is 4.74 Å². The Kier molecular flexibility index (Phi) is 3.97. The van der Waals surface area contributed by atoms with Crippen molar-refractivity contribution in [2.24, 2.45) is 0 Å². The van der Waals surface area contributed by atoms with Crippen molar-refractivity contribution in [2.45, 2.75) is 32.2 Å². The number of hydrogen-bond acceptors (Lipinski definition) is 6. The van der Waals surface area contributed by atoms with E-state index in [0.29, 0.717) is 12.0 Å². The summed E-state index contributed by atoms with van der Waals surface area (Å²) >= 11 is 0. The average Bonchev–Trinajstić information content (AvgIpc) is 3.31. The van der Waals surface area contributed by atoms with Crippen LogP contribution in [0.15, 0.2) is 37.1 Å². The van der Waals surface area contributed by atoms with Crippen LogP contribution < -0.4 is 5.32 Å². The molecule has 1 fully saturated rings. The van der Waals surface area contributed by atoms with Crippen molar-refractivity contribution >= 4 is 17.2 Å². The second-order valence-corrected chi connectivity index (χ2v) is 6.79. The zero-order chi connectivity index (χ0) is 18.2. The third-order valence-electron chi connectivity index (χ3n) is 5.09. The van der Waals surface area contributed by atoms with E-state index < -0.39 is 0 Å². The number of nitrogens with zero attached hydrogens (tertiary/aromatic N) is 6. The smallest absolute Gasteiger partial charge is 0.241 e. The Labute approximate surface area is 156 Å². The summed E-state index contributed by atoms with van der Waals surface area (Å²) in [6, 6.07) is 2.42. The number of anilines is 1. The highest BCUT2D eigenvalue weighted by atomic mass is 16.5. The minimum absolute atomic E-state index is 0.367. The molecule has 4 aromatic heterocycles. The summed E-state index contributed by atoms with van der Waals surface area (Å²) in [7, 11) is 0. The fourth-order valence-electron chi connectivity index (χ4n) is 3.56. The quantitative estimate of drug-likeness (QED) is 0.600. The second-order valence-electron chi connectivity index (χ2n) is 6.79. The molecular weight excluding hydrogens is 342 g/mol. The van der Waals surface area contributed by atoms with Gasteiger partial charge in [-0.1, -0.05) is 6.92 Å². The summed E-state index contributed by atoms with van der Waals surface area (Å²) in [5, 5.41) is 8.03. The molecule has 5 rings (SSSR count). The number of fused-ring (bicyclic) bond motifs is 2. The first-order valence-electron chi connectivity index (χ1n) is 9.33. The summed E-state index contributed by atoms with van der Waals surface area (Å²) in [5.41, 5.74) is 4.16. The molecule has 0 aliphatic carbocycles. The first-order valence-corrected chi connectivity index (χ1v) is 9.33. The first kappa shape index (κ1) is 16.2. The summed E-state index contributed by atoms with van der Waals surface area (Å²) in [5.74, 6) is 1.37. The van der Waals surface area contributed by atoms with E-state index in [1.165, 1.54) is 0 Å². The third kappa shape index (κ3) is 2.91. The molecule has 0 spiro atoms. The van der Waals surface area contributed by atoms with Gasteiger partial charge in [-0.15, -0.1) is 5.10 Å². The van der Waals surface area contributed by atoms with Crippen LogP contribution in [0.5, 0.6) is 0 Å². The molecule has 4 aromatic rings. The van der Waals surface area contributed by atoms with Crippen molar-refractivity contribution in [3.63, 3.8) is 0 Å². The van der Waals surface area contributed by atoms with Gasteiger partial charge < -0.3 is 10.1 Å². The lowest BCUT2D eigenvalue weighted by Crippen LogP contribution is -2.28. The molecule has 0 saturated carbocycles. The molecule has 5 heterocycles. The van der Waals surface area contributed by atoms with Crippen molar-refractivity contribution in [1.82, 2.24) is 29.0 Å². The highest BCUT2D eigenvalue weighted by Gasteiger charge is 2.16. The first-order chi connectivity index (χ1) is 13.3. The highest BCUT2D eigenvalue weighted by molar-refractivity contribution is 5.79. The lowest BCUT2D eigenvalue weighted by molar-refractivity contribution is 0.0903. The number of aromatic nitrogens is 6. The Morgan fingerprint density at radius 3 is 2.85 bits per heavy atom. The fourth-order valence-corrected chi connectivity index (χ4v) is 3.56. The predicted molar refractivity (Wildman–Crippen MR) is 102 cm³/mol. The van der Waals surface area contributed by atoms with Crippen molar-refractivity contribution < 1.29 is 4.74 Å². The largest absolute Gasteiger partial charge is 0.381 e. The Morgan fingerprint density at radius 2 is 2.00 bits per heavy atom. The average molecular weight is 363 g/mol. The van der Waals surface area contributed by atoms with Gasteiger partial charge in [0.1, 0.15) is 0 Å². The van der Waals surface area contributed by atoms with Gasteiger partial charge in [0.2, 0.25) is 11.7 Å². The number of ether oxygens (including phenoxy) is 1. The van der Waals surface area contributed by atoms with E-state index in [-0.39, 0.29) is 0 Å². The van der Waals surface area contributed by atoms with Crippen molar-refractivity contribution in [3.05, 3.63) is 42.7 Å². The molecule has 1 saturated heterocycles. The monoisotopic (exact) mass is 363 g/mol. The number of nitrogens with one attached hydrogen (secondary N) is 1. The maximum atomic E-state index is 5.40. The van der Waals surface area contributed by atoms with Gasteiger partial charge in [0.15, 0.2) is 0 Å². The van der Waals surface area contributed by atoms with Crippen molar-refractivity contribution in [3.8, 4) is 11.1 Å². The standard InChI is InChI=1S/C19H21N7O/c1-2-15-10-22-19-21-9-13(12-25(15)19)16-3-6-26-17(16)11-20-18(24-26)23-14-4-7-27-8-5-14/h3,6,9-12,14H,2,4-5,7-8H2,1H3,(H,23,24). The number of imidazole rings is 1. The minimum Gasteiger partial charge on any atom is -0.381 e. The summed E-state index contributed by atoms with van der Waals surface area (Å²) in [6.45, 7) is 3.69. The fraction of sp³-hybridized carbons (Fsp3) is 0.368. The summed E-state index contributed by atoms with van der Waals surface area (Å²) in [6.07, 6.45) is 12.5. The zero-order valence-corrected chi connectivity index (χ0v) is 15.2. The predicted octanol–water partition coefficient (Wildman–Crippen LogP) is 2.59. The van der Waals surface area contributed by atoms with Crippen LogP contribution in [-0.2, 0) is 11.2 Å². The van der Waals surface area contributed by atoms with Gasteiger partial charge in [-0.2, -0.15) is 0 Å². The number of hydrogen-bond donors (Lipinski definition) is 1. The molecule has 0 unspecified atom stereocenters. The van der Waals surface area contributed by atoms with Gasteiger partial charge in [-0.3, -0.25) is 4.40 Å². The van der Waals surface area contributed by atoms with Gasteiger partial charge in [0.25, 0.3) is 0 Å². The molecule has 8 nitrogen and oxygen atoms in total. The van der Waals surface area contributed by atoms with E-state index >= 15 is 0 Å². The maximum absolute atomic E-state index is 5.40. The van der Waals surface area contributed by atoms with Crippen LogP contribution in [0.2, 0.25) is 0 Å². The molecule has 8 heteroatoms. The number of aryl methyl sites for hydroxylation is 1. The van der Waals surface area contributed by atoms with Gasteiger partial charge in [0, 0.05) is 54.7 Å². The highest BCUT2D eigenvalue weighted by Crippen LogP contribution is 2.25. The lowest BCUT2D eigenvalue weighted by atomic mass is 10.1. The Bertz CT molecular complexity index is 1090. The van der Waals surface area contributed by atoms with Crippen LogP contribution in [0, 0.1) is 0 Å². The molecule has 0 amide bonds. The van der Waals surface area contributed by atoms with Gasteiger partial charge in [-0.05, 0) is 25.3 Å². The van der Waals surface area contributed by atoms with E-state index in [2.05, 4.69) is 38.5 Å². The molecular formula is C19H21N7O. The van der Waals surface area contributed by atoms with Crippen LogP contribution in [0.3, 0.4) is 0 Å². The van der Waals surface area contributed by atoms with Gasteiger partial charge >= 0.3 is 0 Å². The molecule has 0 radical (unpaired) electrons. The van der Waals surface area contributed by atoms with Crippen LogP contribution in [0.1, 0.15) is 25.5 Å². The van der Waals surface area contributed by atoms with Crippen LogP contribution >= 0.6 is 0 Å². The molecule has 1 N–H and O–H groups in total. The Balaban J connectivity index is 1.49. The lowest BCUT2D eigenvalue weighted by Gasteiger charge is -2.22. The zero-order valence-electron chi connectivity index (χ0n) is 15.2. The Morgan fingerprint density at radius 1 is 1.15 bits per heavy atom. The van der Waals surface area contributed by atoms with E-state index in [9.17, 15) is 0 Å². The molecule has 138 valence electrons. The van der Waals surface area contributed by atoms with Crippen LogP contribution in [0.25, 0.3) is 22.4 Å². The van der Waals surface area contributed by atoms with Gasteiger partial charge in [0.05, 0.1) is 17.9 Å². The Hall–Kier alpha value is -3.00. The molecule has 1 aliphatic heterocycles. The molecule has 1 aliphatic rings. The number of rotatable bonds is 4. The second kappa shape index (κ2) is 6.62. The topological polar surface area (TPSA) is 81.6 Å².